The zero-order valence-corrected chi connectivity index (χ0v) is 20.2. The van der Waals surface area contributed by atoms with E-state index in [1.807, 2.05) is 78.9 Å². The summed E-state index contributed by atoms with van der Waals surface area (Å²) in [5.74, 6) is 0.444. The molecule has 4 aromatic rings. The molecule has 1 aromatic heterocycles. The monoisotopic (exact) mass is 475 g/mol. The molecule has 1 heterocycles. The molecule has 3 aromatic carbocycles. The lowest BCUT2D eigenvalue weighted by atomic mass is 9.90. The number of rotatable bonds is 8. The Hall–Kier alpha value is -4.09. The number of aryl methyl sites for hydroxylation is 3. The molecule has 5 nitrogen and oxygen atoms in total. The largest absolute Gasteiger partial charge is 0.392 e. The highest BCUT2D eigenvalue weighted by atomic mass is 16.3. The number of anilines is 1. The third-order valence-corrected chi connectivity index (χ3v) is 6.44. The minimum absolute atomic E-state index is 0.0200. The van der Waals surface area contributed by atoms with Gasteiger partial charge in [0.05, 0.1) is 18.0 Å². The number of fused-ring (bicyclic) bond motifs is 3. The molecule has 1 aliphatic carbocycles. The fraction of sp³-hybridized carbons (Fsp3) is 0.194. The number of hydrogen-bond donors (Lipinski definition) is 2. The van der Waals surface area contributed by atoms with Crippen LogP contribution in [0.1, 0.15) is 46.5 Å². The van der Waals surface area contributed by atoms with Crippen LogP contribution >= 0.6 is 0 Å². The van der Waals surface area contributed by atoms with E-state index in [1.165, 1.54) is 11.1 Å². The quantitative estimate of drug-likeness (QED) is 0.334. The van der Waals surface area contributed by atoms with Crippen LogP contribution in [-0.4, -0.2) is 21.0 Å². The van der Waals surface area contributed by atoms with Crippen molar-refractivity contribution >= 4 is 23.9 Å². The maximum absolute atomic E-state index is 12.8. The van der Waals surface area contributed by atoms with E-state index >= 15 is 0 Å². The molecule has 2 N–H and O–H groups in total. The summed E-state index contributed by atoms with van der Waals surface area (Å²) in [6.45, 7) is 0.0200. The van der Waals surface area contributed by atoms with Gasteiger partial charge in [-0.05, 0) is 54.0 Å². The van der Waals surface area contributed by atoms with Crippen LogP contribution in [0.4, 0.5) is 5.82 Å². The van der Waals surface area contributed by atoms with Gasteiger partial charge >= 0.3 is 0 Å². The molecule has 0 atom stereocenters. The molecule has 0 spiro atoms. The zero-order chi connectivity index (χ0) is 24.7. The van der Waals surface area contributed by atoms with Crippen molar-refractivity contribution in [2.45, 2.75) is 38.7 Å². The van der Waals surface area contributed by atoms with Crippen LogP contribution in [0.5, 0.6) is 0 Å². The second-order valence-electron chi connectivity index (χ2n) is 9.03. The summed E-state index contributed by atoms with van der Waals surface area (Å²) >= 11 is 0. The van der Waals surface area contributed by atoms with Crippen molar-refractivity contribution in [2.75, 3.05) is 5.32 Å². The predicted molar refractivity (Wildman–Crippen MR) is 144 cm³/mol. The zero-order valence-electron chi connectivity index (χ0n) is 20.2. The predicted octanol–water partition coefficient (Wildman–Crippen LogP) is 5.87. The van der Waals surface area contributed by atoms with Gasteiger partial charge in [0.2, 0.25) is 5.91 Å². The number of benzene rings is 3. The molecule has 0 fully saturated rings. The van der Waals surface area contributed by atoms with Crippen LogP contribution in [0.15, 0.2) is 78.9 Å². The van der Waals surface area contributed by atoms with Crippen molar-refractivity contribution in [3.8, 4) is 11.3 Å². The van der Waals surface area contributed by atoms with Crippen molar-refractivity contribution in [1.29, 1.82) is 0 Å². The van der Waals surface area contributed by atoms with Gasteiger partial charge in [0.1, 0.15) is 5.69 Å². The van der Waals surface area contributed by atoms with Gasteiger partial charge in [-0.2, -0.15) is 0 Å². The first-order valence-corrected chi connectivity index (χ1v) is 12.4. The number of nitrogens with zero attached hydrogens (tertiary/aromatic N) is 2. The van der Waals surface area contributed by atoms with Crippen molar-refractivity contribution < 1.29 is 9.90 Å². The Bertz CT molecular complexity index is 1380. The van der Waals surface area contributed by atoms with E-state index in [0.717, 1.165) is 53.8 Å². The summed E-state index contributed by atoms with van der Waals surface area (Å²) in [4.78, 5) is 22.7. The summed E-state index contributed by atoms with van der Waals surface area (Å²) in [5.41, 5.74) is 7.74. The average molecular weight is 476 g/mol. The normalized spacial score (nSPS) is 12.2. The second-order valence-corrected chi connectivity index (χ2v) is 9.03. The summed E-state index contributed by atoms with van der Waals surface area (Å²) in [7, 11) is 0. The molecular weight excluding hydrogens is 446 g/mol. The number of nitrogens with one attached hydrogen (secondary N) is 1. The van der Waals surface area contributed by atoms with E-state index in [9.17, 15) is 9.90 Å². The topological polar surface area (TPSA) is 75.1 Å². The van der Waals surface area contributed by atoms with Crippen molar-refractivity contribution in [1.82, 2.24) is 9.97 Å². The third kappa shape index (κ3) is 5.58. The molecule has 0 bridgehead atoms. The fourth-order valence-electron chi connectivity index (χ4n) is 4.55. The van der Waals surface area contributed by atoms with Gasteiger partial charge in [-0.1, -0.05) is 84.9 Å². The molecule has 0 aliphatic heterocycles. The van der Waals surface area contributed by atoms with Gasteiger partial charge in [0, 0.05) is 12.0 Å². The molecule has 0 saturated heterocycles. The van der Waals surface area contributed by atoms with Gasteiger partial charge < -0.3 is 10.4 Å². The van der Waals surface area contributed by atoms with E-state index in [1.54, 1.807) is 0 Å². The number of hydrogen-bond acceptors (Lipinski definition) is 4. The Kier molecular flexibility index (Phi) is 7.29. The Morgan fingerprint density at radius 2 is 1.67 bits per heavy atom. The van der Waals surface area contributed by atoms with Crippen LogP contribution < -0.4 is 5.32 Å². The number of amides is 1. The van der Waals surface area contributed by atoms with Crippen molar-refractivity contribution in [3.63, 3.8) is 0 Å². The third-order valence-electron chi connectivity index (χ3n) is 6.44. The number of aliphatic hydroxyl groups is 1. The minimum Gasteiger partial charge on any atom is -0.392 e. The molecule has 0 radical (unpaired) electrons. The minimum atomic E-state index is -0.0571. The lowest BCUT2D eigenvalue weighted by molar-refractivity contribution is -0.116. The van der Waals surface area contributed by atoms with Gasteiger partial charge in [0.25, 0.3) is 0 Å². The number of aromatic nitrogens is 2. The molecule has 5 rings (SSSR count). The van der Waals surface area contributed by atoms with E-state index in [-0.39, 0.29) is 12.5 Å². The van der Waals surface area contributed by atoms with Crippen LogP contribution in [0.2, 0.25) is 0 Å². The second kappa shape index (κ2) is 11.1. The highest BCUT2D eigenvalue weighted by Gasteiger charge is 2.22. The van der Waals surface area contributed by atoms with Crippen LogP contribution in [0.3, 0.4) is 0 Å². The Morgan fingerprint density at radius 3 is 2.44 bits per heavy atom. The summed E-state index contributed by atoms with van der Waals surface area (Å²) in [6.07, 6.45) is 7.51. The Labute approximate surface area is 211 Å². The van der Waals surface area contributed by atoms with E-state index < -0.39 is 0 Å². The lowest BCUT2D eigenvalue weighted by Gasteiger charge is -2.21. The number of carbonyl (C=O) groups is 1. The molecule has 36 heavy (non-hydrogen) atoms. The summed E-state index contributed by atoms with van der Waals surface area (Å²) in [6, 6.07) is 26.2. The maximum atomic E-state index is 12.8. The highest BCUT2D eigenvalue weighted by Crippen LogP contribution is 2.34. The van der Waals surface area contributed by atoms with E-state index in [2.05, 4.69) is 17.4 Å². The molecule has 180 valence electrons. The molecule has 0 unspecified atom stereocenters. The molecule has 1 amide bonds. The fourth-order valence-corrected chi connectivity index (χ4v) is 4.55. The van der Waals surface area contributed by atoms with Gasteiger partial charge in [-0.15, -0.1) is 0 Å². The molecule has 5 heteroatoms. The van der Waals surface area contributed by atoms with Crippen molar-refractivity contribution in [3.05, 3.63) is 113 Å². The van der Waals surface area contributed by atoms with E-state index in [0.29, 0.717) is 17.9 Å². The number of carbonyl (C=O) groups excluding carboxylic acids is 1. The summed E-state index contributed by atoms with van der Waals surface area (Å²) < 4.78 is 0. The lowest BCUT2D eigenvalue weighted by Crippen LogP contribution is -2.17. The average Bonchev–Trinajstić information content (AvgIpc) is 2.92. The molecular formula is C31H29N3O2. The number of aliphatic hydroxyl groups excluding tert-OH is 1. The SMILES string of the molecule is O=C(CCCc1ccccc1)Nc1nc2c(nc1C=Cc1ccccc1)-c1ccc(CO)cc1CC2. The first kappa shape index (κ1) is 23.6. The highest BCUT2D eigenvalue weighted by molar-refractivity contribution is 5.92. The van der Waals surface area contributed by atoms with Gasteiger partial charge in [0.15, 0.2) is 5.82 Å². The Balaban J connectivity index is 1.41. The first-order valence-electron chi connectivity index (χ1n) is 12.4. The summed E-state index contributed by atoms with van der Waals surface area (Å²) in [5, 5.41) is 12.6. The maximum Gasteiger partial charge on any atom is 0.225 e. The van der Waals surface area contributed by atoms with Gasteiger partial charge in [-0.25, -0.2) is 9.97 Å². The van der Waals surface area contributed by atoms with Crippen molar-refractivity contribution in [2.24, 2.45) is 0 Å². The Morgan fingerprint density at radius 1 is 0.889 bits per heavy atom. The van der Waals surface area contributed by atoms with Crippen LogP contribution in [-0.2, 0) is 30.7 Å². The standard InChI is InChI=1S/C31H29N3O2/c35-21-24-14-17-26-25(20-24)16-19-27-30(26)32-28(18-15-23-10-5-2-6-11-23)31(33-27)34-29(36)13-7-12-22-8-3-1-4-9-22/h1-6,8-11,14-15,17-18,20,35H,7,12-13,16,19,21H2,(H,33,34,36). The van der Waals surface area contributed by atoms with E-state index in [4.69, 9.17) is 9.97 Å². The van der Waals surface area contributed by atoms with Crippen LogP contribution in [0, 0.1) is 0 Å². The smallest absolute Gasteiger partial charge is 0.225 e. The molecule has 0 saturated carbocycles. The van der Waals surface area contributed by atoms with Crippen LogP contribution in [0.25, 0.3) is 23.4 Å². The van der Waals surface area contributed by atoms with Gasteiger partial charge in [-0.3, -0.25) is 4.79 Å². The molecule has 1 aliphatic rings. The first-order chi connectivity index (χ1) is 17.7.